The van der Waals surface area contributed by atoms with Crippen LogP contribution in [0.1, 0.15) is 98.3 Å². The number of unbranched alkanes of at least 4 members (excludes halogenated alkanes) is 1. The number of carboxylic acid groups (broad SMARTS) is 1. The molecule has 4 rings (SSSR count). The Kier molecular flexibility index (Phi) is 9.08. The summed E-state index contributed by atoms with van der Waals surface area (Å²) in [6, 6.07) is -1.86. The van der Waals surface area contributed by atoms with Gasteiger partial charge in [0.05, 0.1) is 11.8 Å². The molecule has 4 aliphatic rings. The molecule has 39 heavy (non-hydrogen) atoms. The molecule has 0 saturated heterocycles. The van der Waals surface area contributed by atoms with E-state index in [2.05, 4.69) is 35.7 Å². The number of aliphatic hydroxyl groups excluding tert-OH is 1. The van der Waals surface area contributed by atoms with E-state index in [-0.39, 0.29) is 23.5 Å². The summed E-state index contributed by atoms with van der Waals surface area (Å²) in [7, 11) is 0. The van der Waals surface area contributed by atoms with Crippen LogP contribution in [-0.2, 0) is 19.2 Å². The molecule has 9 heteroatoms. The SMILES string of the molecule is CCCC[C@H](NC(=O)[C@@H](C)NC(=O)CO/N=C1\C=C2CC[C@H]3[C@@H]4CC[C@H](O)[C@@]4(C)CC[C@@H]3[C@@]2(C)CC1)C(=O)O. The van der Waals surface area contributed by atoms with Gasteiger partial charge in [0.2, 0.25) is 5.91 Å². The number of aliphatic carboxylic acids is 1. The molecule has 0 heterocycles. The Bertz CT molecular complexity index is 1010. The fraction of sp³-hybridized carbons (Fsp3) is 0.800. The van der Waals surface area contributed by atoms with Gasteiger partial charge in [-0.05, 0) is 99.4 Å². The predicted octanol–water partition coefficient (Wildman–Crippen LogP) is 3.95. The van der Waals surface area contributed by atoms with Gasteiger partial charge in [-0.15, -0.1) is 0 Å². The van der Waals surface area contributed by atoms with Crippen LogP contribution in [-0.4, -0.2) is 58.5 Å². The maximum absolute atomic E-state index is 12.4. The molecule has 0 unspecified atom stereocenters. The van der Waals surface area contributed by atoms with Crippen molar-refractivity contribution >= 4 is 23.5 Å². The number of nitrogens with one attached hydrogen (secondary N) is 2. The van der Waals surface area contributed by atoms with Crippen LogP contribution in [0, 0.1) is 28.6 Å². The number of carbonyl (C=O) groups excluding carboxylic acids is 2. The fourth-order valence-electron chi connectivity index (χ4n) is 8.10. The highest BCUT2D eigenvalue weighted by molar-refractivity contribution is 5.96. The van der Waals surface area contributed by atoms with Crippen LogP contribution in [0.25, 0.3) is 0 Å². The van der Waals surface area contributed by atoms with Crippen LogP contribution in [0.3, 0.4) is 0 Å². The van der Waals surface area contributed by atoms with Crippen molar-refractivity contribution in [3.8, 4) is 0 Å². The van der Waals surface area contributed by atoms with E-state index in [1.807, 2.05) is 6.92 Å². The number of aliphatic hydroxyl groups is 1. The van der Waals surface area contributed by atoms with E-state index in [0.29, 0.717) is 30.6 Å². The third-order valence-electron chi connectivity index (χ3n) is 10.5. The summed E-state index contributed by atoms with van der Waals surface area (Å²) in [4.78, 5) is 41.4. The quantitative estimate of drug-likeness (QED) is 0.307. The van der Waals surface area contributed by atoms with E-state index in [4.69, 9.17) is 4.84 Å². The standard InChI is InChI=1S/C30H47N3O6/c1-5-6-7-24(28(37)38)32-27(36)18(2)31-26(35)17-39-33-20-12-14-29(3)19(16-20)8-9-21-22-10-11-25(34)30(22,4)15-13-23(21)29/h16,18,21-25,34H,5-15,17H2,1-4H3,(H,31,35)(H,32,36)(H,37,38)/b33-20-/t18-,21+,22+,23+,24+,25+,29+,30+/m1/s1. The van der Waals surface area contributed by atoms with Gasteiger partial charge in [-0.25, -0.2) is 4.79 Å². The van der Waals surface area contributed by atoms with Crippen molar-refractivity contribution in [1.29, 1.82) is 0 Å². The molecule has 9 nitrogen and oxygen atoms in total. The molecule has 3 saturated carbocycles. The lowest BCUT2D eigenvalue weighted by Crippen LogP contribution is -2.51. The van der Waals surface area contributed by atoms with Crippen molar-refractivity contribution in [2.75, 3.05) is 6.61 Å². The van der Waals surface area contributed by atoms with E-state index >= 15 is 0 Å². The second-order valence-corrected chi connectivity index (χ2v) is 12.8. The minimum Gasteiger partial charge on any atom is -0.480 e. The molecule has 0 aromatic rings. The minimum absolute atomic E-state index is 0.0830. The second-order valence-electron chi connectivity index (χ2n) is 12.8. The van der Waals surface area contributed by atoms with E-state index < -0.39 is 29.9 Å². The van der Waals surface area contributed by atoms with Crippen LogP contribution >= 0.6 is 0 Å². The van der Waals surface area contributed by atoms with E-state index in [1.165, 1.54) is 18.9 Å². The van der Waals surface area contributed by atoms with Gasteiger partial charge < -0.3 is 25.7 Å². The average molecular weight is 546 g/mol. The van der Waals surface area contributed by atoms with Crippen molar-refractivity contribution in [1.82, 2.24) is 10.6 Å². The van der Waals surface area contributed by atoms with Crippen LogP contribution in [0.15, 0.2) is 16.8 Å². The molecule has 8 atom stereocenters. The molecule has 0 spiro atoms. The highest BCUT2D eigenvalue weighted by atomic mass is 16.6. The number of allylic oxidation sites excluding steroid dienone is 2. The van der Waals surface area contributed by atoms with Crippen LogP contribution in [0.2, 0.25) is 0 Å². The van der Waals surface area contributed by atoms with Crippen molar-refractivity contribution in [3.63, 3.8) is 0 Å². The monoisotopic (exact) mass is 545 g/mol. The van der Waals surface area contributed by atoms with Gasteiger partial charge >= 0.3 is 5.97 Å². The number of hydrogen-bond acceptors (Lipinski definition) is 6. The molecule has 0 aromatic carbocycles. The molecule has 218 valence electrons. The Labute approximate surface area is 232 Å². The van der Waals surface area contributed by atoms with Crippen molar-refractivity contribution in [2.45, 2.75) is 117 Å². The molecule has 3 fully saturated rings. The first-order valence-corrected chi connectivity index (χ1v) is 14.9. The van der Waals surface area contributed by atoms with Gasteiger partial charge in [0.25, 0.3) is 5.91 Å². The summed E-state index contributed by atoms with van der Waals surface area (Å²) < 4.78 is 0. The third kappa shape index (κ3) is 6.03. The smallest absolute Gasteiger partial charge is 0.326 e. The molecule has 0 radical (unpaired) electrons. The van der Waals surface area contributed by atoms with E-state index in [0.717, 1.165) is 57.1 Å². The topological polar surface area (TPSA) is 137 Å². The first-order chi connectivity index (χ1) is 18.5. The zero-order valence-electron chi connectivity index (χ0n) is 24.0. The average Bonchev–Trinajstić information content (AvgIpc) is 3.20. The predicted molar refractivity (Wildman–Crippen MR) is 148 cm³/mol. The first kappa shape index (κ1) is 29.6. The molecular formula is C30H47N3O6. The zero-order valence-corrected chi connectivity index (χ0v) is 24.0. The van der Waals surface area contributed by atoms with Crippen molar-refractivity contribution in [3.05, 3.63) is 11.6 Å². The number of fused-ring (bicyclic) bond motifs is 5. The zero-order chi connectivity index (χ0) is 28.4. The Balaban J connectivity index is 1.28. The first-order valence-electron chi connectivity index (χ1n) is 14.9. The second kappa shape index (κ2) is 12.0. The van der Waals surface area contributed by atoms with E-state index in [1.54, 1.807) is 0 Å². The molecule has 2 amide bonds. The summed E-state index contributed by atoms with van der Waals surface area (Å²) in [5, 5.41) is 29.3. The molecule has 4 N–H and O–H groups in total. The number of hydrogen-bond donors (Lipinski definition) is 4. The molecule has 0 aromatic heterocycles. The number of carboxylic acids is 1. The highest BCUT2D eigenvalue weighted by Gasteiger charge is 2.58. The van der Waals surface area contributed by atoms with Crippen molar-refractivity contribution < 1.29 is 29.4 Å². The van der Waals surface area contributed by atoms with Gasteiger partial charge in [0, 0.05) is 0 Å². The lowest BCUT2D eigenvalue weighted by atomic mass is 9.47. The number of nitrogens with zero attached hydrogens (tertiary/aromatic N) is 1. The maximum atomic E-state index is 12.4. The van der Waals surface area contributed by atoms with Crippen LogP contribution < -0.4 is 10.6 Å². The van der Waals surface area contributed by atoms with Gasteiger partial charge in [-0.1, -0.05) is 44.3 Å². The Hall–Kier alpha value is -2.42. The summed E-state index contributed by atoms with van der Waals surface area (Å²) in [6.45, 7) is 7.88. The van der Waals surface area contributed by atoms with Gasteiger partial charge in [0.1, 0.15) is 12.1 Å². The molecule has 4 aliphatic carbocycles. The molecular weight excluding hydrogens is 498 g/mol. The number of oxime groups is 1. The number of carbonyl (C=O) groups is 3. The van der Waals surface area contributed by atoms with Crippen LogP contribution in [0.5, 0.6) is 0 Å². The summed E-state index contributed by atoms with van der Waals surface area (Å²) in [5.41, 5.74) is 2.52. The molecule has 0 bridgehead atoms. The summed E-state index contributed by atoms with van der Waals surface area (Å²) >= 11 is 0. The lowest BCUT2D eigenvalue weighted by Gasteiger charge is -2.57. The lowest BCUT2D eigenvalue weighted by molar-refractivity contribution is -0.142. The van der Waals surface area contributed by atoms with Gasteiger partial charge in [0.15, 0.2) is 6.61 Å². The fourth-order valence-corrected chi connectivity index (χ4v) is 8.10. The summed E-state index contributed by atoms with van der Waals surface area (Å²) in [6.07, 6.45) is 12.3. The van der Waals surface area contributed by atoms with Crippen molar-refractivity contribution in [2.24, 2.45) is 33.7 Å². The maximum Gasteiger partial charge on any atom is 0.326 e. The number of amides is 2. The van der Waals surface area contributed by atoms with E-state index in [9.17, 15) is 24.6 Å². The minimum atomic E-state index is -1.08. The third-order valence-corrected chi connectivity index (χ3v) is 10.5. The van der Waals surface area contributed by atoms with Gasteiger partial charge in [-0.3, -0.25) is 9.59 Å². The Morgan fingerprint density at radius 3 is 2.59 bits per heavy atom. The highest BCUT2D eigenvalue weighted by Crippen LogP contribution is 2.65. The van der Waals surface area contributed by atoms with Gasteiger partial charge in [-0.2, -0.15) is 0 Å². The normalized spacial score (nSPS) is 36.0. The Morgan fingerprint density at radius 1 is 1.10 bits per heavy atom. The molecule has 0 aliphatic heterocycles. The van der Waals surface area contributed by atoms with Crippen LogP contribution in [0.4, 0.5) is 0 Å². The Morgan fingerprint density at radius 2 is 1.87 bits per heavy atom. The summed E-state index contributed by atoms with van der Waals surface area (Å²) in [5.74, 6) is -0.166. The largest absolute Gasteiger partial charge is 0.480 e. The number of rotatable bonds is 10.